The average Bonchev–Trinajstić information content (AvgIpc) is 3.21. The van der Waals surface area contributed by atoms with E-state index in [-0.39, 0.29) is 5.91 Å². The Morgan fingerprint density at radius 3 is 2.58 bits per heavy atom. The fraction of sp³-hybridized carbons (Fsp3) is 0.235. The topological polar surface area (TPSA) is 100 Å². The number of nitrogens with zero attached hydrogens (tertiary/aromatic N) is 6. The third kappa shape index (κ3) is 2.68. The van der Waals surface area contributed by atoms with Crippen LogP contribution in [0.25, 0.3) is 0 Å². The number of carbonyl (C=O) groups is 1. The Morgan fingerprint density at radius 1 is 1.12 bits per heavy atom. The monoisotopic (exact) mass is 351 g/mol. The summed E-state index contributed by atoms with van der Waals surface area (Å²) in [4.78, 5) is 29.8. The van der Waals surface area contributed by atoms with Crippen LogP contribution in [-0.2, 0) is 9.53 Å². The van der Waals surface area contributed by atoms with Crippen LogP contribution >= 0.6 is 0 Å². The van der Waals surface area contributed by atoms with E-state index in [1.165, 1.54) is 6.33 Å². The molecule has 1 unspecified atom stereocenters. The van der Waals surface area contributed by atoms with Crippen LogP contribution in [0.1, 0.15) is 11.9 Å². The molecule has 0 spiro atoms. The Morgan fingerprint density at radius 2 is 1.88 bits per heavy atom. The van der Waals surface area contributed by atoms with Gasteiger partial charge in [0.15, 0.2) is 23.5 Å². The molecule has 1 N–H and O–H groups in total. The molecule has 3 heterocycles. The first-order valence-electron chi connectivity index (χ1n) is 8.12. The number of fused-ring (bicyclic) bond motifs is 1. The van der Waals surface area contributed by atoms with Crippen molar-refractivity contribution in [1.29, 1.82) is 0 Å². The van der Waals surface area contributed by atoms with Crippen LogP contribution in [-0.4, -0.2) is 51.3 Å². The second-order valence-corrected chi connectivity index (χ2v) is 5.65. The third-order valence-electron chi connectivity index (χ3n) is 4.13. The molecular weight excluding hydrogens is 334 g/mol. The van der Waals surface area contributed by atoms with Gasteiger partial charge in [-0.05, 0) is 12.1 Å². The minimum Gasteiger partial charge on any atom is -0.383 e. The van der Waals surface area contributed by atoms with Crippen molar-refractivity contribution >= 4 is 23.2 Å². The Kier molecular flexibility index (Phi) is 4.28. The molecule has 1 aromatic carbocycles. The van der Waals surface area contributed by atoms with Gasteiger partial charge in [0.25, 0.3) is 5.91 Å². The summed E-state index contributed by atoms with van der Waals surface area (Å²) < 4.78 is 5.15. The lowest BCUT2D eigenvalue weighted by molar-refractivity contribution is -0.120. The van der Waals surface area contributed by atoms with Gasteiger partial charge in [0.1, 0.15) is 6.33 Å². The lowest BCUT2D eigenvalue weighted by atomic mass is 10.1. The van der Waals surface area contributed by atoms with Crippen LogP contribution in [0, 0.1) is 0 Å². The average molecular weight is 351 g/mol. The van der Waals surface area contributed by atoms with E-state index in [1.54, 1.807) is 24.4 Å². The Balaban J connectivity index is 1.90. The van der Waals surface area contributed by atoms with Crippen LogP contribution < -0.4 is 9.80 Å². The number of amides is 1. The summed E-state index contributed by atoms with van der Waals surface area (Å²) >= 11 is 0. The molecule has 0 fully saturated rings. The fourth-order valence-corrected chi connectivity index (χ4v) is 3.00. The van der Waals surface area contributed by atoms with Crippen LogP contribution in [0.5, 0.6) is 0 Å². The molecule has 3 aromatic rings. The molecule has 4 rings (SSSR count). The van der Waals surface area contributed by atoms with E-state index in [0.29, 0.717) is 30.6 Å². The third-order valence-corrected chi connectivity index (χ3v) is 4.13. The van der Waals surface area contributed by atoms with E-state index in [0.717, 1.165) is 5.69 Å². The number of benzene rings is 1. The van der Waals surface area contributed by atoms with E-state index >= 15 is 0 Å². The van der Waals surface area contributed by atoms with Crippen molar-refractivity contribution in [3.8, 4) is 0 Å². The summed E-state index contributed by atoms with van der Waals surface area (Å²) in [6.45, 7) is 0.748. The number of carbonyl (C=O) groups excluding carboxylic acids is 1. The molecule has 1 aliphatic heterocycles. The normalized spacial score (nSPS) is 16.7. The maximum Gasteiger partial charge on any atom is 0.259 e. The zero-order valence-corrected chi connectivity index (χ0v) is 14.1. The Bertz CT molecular complexity index is 885. The van der Waals surface area contributed by atoms with Gasteiger partial charge in [-0.2, -0.15) is 5.10 Å². The van der Waals surface area contributed by atoms with Crippen molar-refractivity contribution < 1.29 is 9.53 Å². The molecule has 1 aliphatic rings. The van der Waals surface area contributed by atoms with E-state index in [1.807, 2.05) is 35.2 Å². The molecule has 1 amide bonds. The SMILES string of the molecule is COCCN1C(=O)C(c2nc[nH]n2)N(c2ccccc2)c2nccnc21. The maximum atomic E-state index is 13.3. The summed E-state index contributed by atoms with van der Waals surface area (Å²) in [6, 6.07) is 8.81. The molecule has 132 valence electrons. The first kappa shape index (κ1) is 16.2. The molecule has 2 aromatic heterocycles. The number of aromatic nitrogens is 5. The minimum atomic E-state index is -0.746. The summed E-state index contributed by atoms with van der Waals surface area (Å²) in [7, 11) is 1.59. The highest BCUT2D eigenvalue weighted by molar-refractivity contribution is 6.05. The van der Waals surface area contributed by atoms with Crippen LogP contribution in [0.15, 0.2) is 49.1 Å². The van der Waals surface area contributed by atoms with Gasteiger partial charge in [-0.25, -0.2) is 15.0 Å². The number of hydrogen-bond acceptors (Lipinski definition) is 7. The van der Waals surface area contributed by atoms with E-state index < -0.39 is 6.04 Å². The fourth-order valence-electron chi connectivity index (χ4n) is 3.00. The molecule has 9 nitrogen and oxygen atoms in total. The predicted molar refractivity (Wildman–Crippen MR) is 94.0 cm³/mol. The second kappa shape index (κ2) is 6.89. The molecule has 0 bridgehead atoms. The Hall–Kier alpha value is -3.33. The number of H-pyrrole nitrogens is 1. The van der Waals surface area contributed by atoms with E-state index in [4.69, 9.17) is 4.74 Å². The van der Waals surface area contributed by atoms with Crippen LogP contribution in [0.2, 0.25) is 0 Å². The summed E-state index contributed by atoms with van der Waals surface area (Å²) in [5.41, 5.74) is 0.809. The minimum absolute atomic E-state index is 0.182. The molecule has 0 saturated carbocycles. The number of rotatable bonds is 5. The summed E-state index contributed by atoms with van der Waals surface area (Å²) in [5.74, 6) is 1.26. The number of para-hydroxylation sites is 1. The predicted octanol–water partition coefficient (Wildman–Crippen LogP) is 1.47. The number of methoxy groups -OCH3 is 1. The van der Waals surface area contributed by atoms with Crippen molar-refractivity contribution in [1.82, 2.24) is 25.1 Å². The largest absolute Gasteiger partial charge is 0.383 e. The molecule has 0 saturated heterocycles. The maximum absolute atomic E-state index is 13.3. The highest BCUT2D eigenvalue weighted by Gasteiger charge is 2.43. The van der Waals surface area contributed by atoms with E-state index in [2.05, 4.69) is 25.1 Å². The molecule has 9 heteroatoms. The standard InChI is InChI=1S/C17H17N7O2/c1-26-10-9-23-15-16(19-8-7-18-15)24(12-5-3-2-4-6-12)13(17(23)25)14-20-11-21-22-14/h2-8,11,13H,9-10H2,1H3,(H,20,21,22). The molecule has 26 heavy (non-hydrogen) atoms. The quantitative estimate of drug-likeness (QED) is 0.743. The Labute approximate surface area is 149 Å². The van der Waals surface area contributed by atoms with Crippen LogP contribution in [0.3, 0.4) is 0 Å². The number of anilines is 3. The van der Waals surface area contributed by atoms with Gasteiger partial charge in [0.2, 0.25) is 0 Å². The smallest absolute Gasteiger partial charge is 0.259 e. The second-order valence-electron chi connectivity index (χ2n) is 5.65. The van der Waals surface area contributed by atoms with Gasteiger partial charge in [-0.3, -0.25) is 14.8 Å². The number of ether oxygens (including phenoxy) is 1. The highest BCUT2D eigenvalue weighted by atomic mass is 16.5. The first-order valence-corrected chi connectivity index (χ1v) is 8.12. The van der Waals surface area contributed by atoms with Crippen LogP contribution in [0.4, 0.5) is 17.3 Å². The zero-order valence-electron chi connectivity index (χ0n) is 14.1. The van der Waals surface area contributed by atoms with Gasteiger partial charge in [-0.15, -0.1) is 0 Å². The summed E-state index contributed by atoms with van der Waals surface area (Å²) in [6.07, 6.45) is 4.63. The van der Waals surface area contributed by atoms with Crippen molar-refractivity contribution in [2.24, 2.45) is 0 Å². The molecule has 1 atom stereocenters. The highest BCUT2D eigenvalue weighted by Crippen LogP contribution is 2.42. The number of aromatic amines is 1. The van der Waals surface area contributed by atoms with E-state index in [9.17, 15) is 4.79 Å². The van der Waals surface area contributed by atoms with Crippen molar-refractivity contribution in [3.05, 3.63) is 54.9 Å². The van der Waals surface area contributed by atoms with Gasteiger partial charge in [0.05, 0.1) is 13.2 Å². The lowest BCUT2D eigenvalue weighted by Gasteiger charge is -2.39. The zero-order chi connectivity index (χ0) is 17.9. The van der Waals surface area contributed by atoms with Crippen molar-refractivity contribution in [2.75, 3.05) is 30.1 Å². The van der Waals surface area contributed by atoms with Gasteiger partial charge < -0.3 is 9.64 Å². The molecule has 0 radical (unpaired) electrons. The number of nitrogens with one attached hydrogen (secondary N) is 1. The summed E-state index contributed by atoms with van der Waals surface area (Å²) in [5, 5.41) is 6.83. The van der Waals surface area contributed by atoms with Crippen molar-refractivity contribution in [3.63, 3.8) is 0 Å². The first-order chi connectivity index (χ1) is 12.8. The van der Waals surface area contributed by atoms with Gasteiger partial charge >= 0.3 is 0 Å². The lowest BCUT2D eigenvalue weighted by Crippen LogP contribution is -2.48. The van der Waals surface area contributed by atoms with Crippen molar-refractivity contribution in [2.45, 2.75) is 6.04 Å². The number of hydrogen-bond donors (Lipinski definition) is 1. The van der Waals surface area contributed by atoms with Gasteiger partial charge in [-0.1, -0.05) is 18.2 Å². The molecule has 0 aliphatic carbocycles. The molecular formula is C17H17N7O2. The van der Waals surface area contributed by atoms with Gasteiger partial charge in [0, 0.05) is 25.2 Å².